The summed E-state index contributed by atoms with van der Waals surface area (Å²) in [5, 5.41) is 19.2. The van der Waals surface area contributed by atoms with Crippen LogP contribution in [0.5, 0.6) is 0 Å². The number of carbonyl (C=O) groups is 1. The highest BCUT2D eigenvalue weighted by molar-refractivity contribution is 7.10. The molecule has 0 aliphatic heterocycles. The summed E-state index contributed by atoms with van der Waals surface area (Å²) in [6.07, 6.45) is -0.710. The number of aryl methyl sites for hydroxylation is 1. The first kappa shape index (κ1) is 16.4. The number of nitrogens with one attached hydrogen (secondary N) is 1. The molecule has 6 heteroatoms. The summed E-state index contributed by atoms with van der Waals surface area (Å²) in [4.78, 5) is 15.3. The summed E-state index contributed by atoms with van der Waals surface area (Å²) < 4.78 is 0. The van der Waals surface area contributed by atoms with Crippen molar-refractivity contribution in [2.45, 2.75) is 19.6 Å². The van der Waals surface area contributed by atoms with Crippen LogP contribution in [0.15, 0.2) is 53.9 Å². The number of carbonyl (C=O) groups excluding carboxylic acids is 1. The maximum absolute atomic E-state index is 12.8. The van der Waals surface area contributed by atoms with E-state index in [1.807, 2.05) is 54.8 Å². The predicted octanol–water partition coefficient (Wildman–Crippen LogP) is 3.16. The number of aromatic nitrogens is 2. The smallest absolute Gasteiger partial charge is 0.274 e. The van der Waals surface area contributed by atoms with Crippen LogP contribution in [0.4, 0.5) is 0 Å². The van der Waals surface area contributed by atoms with Crippen LogP contribution in [0.25, 0.3) is 0 Å². The molecule has 0 spiro atoms. The quantitative estimate of drug-likeness (QED) is 0.723. The summed E-state index contributed by atoms with van der Waals surface area (Å²) in [6, 6.07) is 15.2. The minimum Gasteiger partial charge on any atom is -0.386 e. The van der Waals surface area contributed by atoms with Crippen molar-refractivity contribution in [2.24, 2.45) is 0 Å². The van der Waals surface area contributed by atoms with Gasteiger partial charge in [0.05, 0.1) is 6.54 Å². The van der Waals surface area contributed by atoms with Gasteiger partial charge in [-0.25, -0.2) is 0 Å². The van der Waals surface area contributed by atoms with Crippen molar-refractivity contribution in [3.05, 3.63) is 75.7 Å². The molecular weight excluding hydrogens is 322 g/mol. The molecule has 1 unspecified atom stereocenters. The maximum Gasteiger partial charge on any atom is 0.274 e. The van der Waals surface area contributed by atoms with E-state index in [0.717, 1.165) is 16.1 Å². The first-order valence-corrected chi connectivity index (χ1v) is 8.58. The number of H-pyrrole nitrogens is 1. The summed E-state index contributed by atoms with van der Waals surface area (Å²) >= 11 is 1.48. The first-order chi connectivity index (χ1) is 11.6. The van der Waals surface area contributed by atoms with Gasteiger partial charge in [-0.05, 0) is 30.0 Å². The van der Waals surface area contributed by atoms with Gasteiger partial charge >= 0.3 is 0 Å². The van der Waals surface area contributed by atoms with Gasteiger partial charge in [-0.2, -0.15) is 5.10 Å². The largest absolute Gasteiger partial charge is 0.386 e. The SMILES string of the molecule is Cc1cc(C(=O)N(Cc2ccccc2)CC(O)c2cccs2)n[nH]1. The molecule has 0 saturated heterocycles. The highest BCUT2D eigenvalue weighted by Crippen LogP contribution is 2.21. The Kier molecular flexibility index (Phi) is 5.08. The van der Waals surface area contributed by atoms with E-state index in [-0.39, 0.29) is 12.5 Å². The molecule has 5 nitrogen and oxygen atoms in total. The van der Waals surface area contributed by atoms with Crippen LogP contribution in [0.3, 0.4) is 0 Å². The van der Waals surface area contributed by atoms with Crippen LogP contribution in [0.1, 0.15) is 32.7 Å². The van der Waals surface area contributed by atoms with Crippen LogP contribution in [-0.4, -0.2) is 32.7 Å². The highest BCUT2D eigenvalue weighted by Gasteiger charge is 2.22. The van der Waals surface area contributed by atoms with Gasteiger partial charge in [0.25, 0.3) is 5.91 Å². The van der Waals surface area contributed by atoms with Gasteiger partial charge in [-0.3, -0.25) is 9.89 Å². The standard InChI is InChI=1S/C18H19N3O2S/c1-13-10-15(20-19-13)18(23)21(11-14-6-3-2-4-7-14)12-16(22)17-8-5-9-24-17/h2-10,16,22H,11-12H2,1H3,(H,19,20). The lowest BCUT2D eigenvalue weighted by Gasteiger charge is -2.24. The summed E-state index contributed by atoms with van der Waals surface area (Å²) in [7, 11) is 0. The molecule has 1 aromatic carbocycles. The third kappa shape index (κ3) is 3.90. The Balaban J connectivity index is 1.81. The number of aliphatic hydroxyl groups is 1. The van der Waals surface area contributed by atoms with E-state index in [0.29, 0.717) is 12.2 Å². The zero-order valence-corrected chi connectivity index (χ0v) is 14.2. The second-order valence-corrected chi connectivity index (χ2v) is 6.62. The molecule has 2 N–H and O–H groups in total. The van der Waals surface area contributed by atoms with Crippen LogP contribution in [0.2, 0.25) is 0 Å². The molecule has 24 heavy (non-hydrogen) atoms. The van der Waals surface area contributed by atoms with Crippen molar-refractivity contribution in [3.8, 4) is 0 Å². The number of hydrogen-bond donors (Lipinski definition) is 2. The molecule has 0 radical (unpaired) electrons. The topological polar surface area (TPSA) is 69.2 Å². The van der Waals surface area contributed by atoms with E-state index >= 15 is 0 Å². The molecular formula is C18H19N3O2S. The lowest BCUT2D eigenvalue weighted by Crippen LogP contribution is -2.34. The van der Waals surface area contributed by atoms with Gasteiger partial charge in [0.15, 0.2) is 0 Å². The third-order valence-corrected chi connectivity index (χ3v) is 4.67. The van der Waals surface area contributed by atoms with E-state index < -0.39 is 6.10 Å². The maximum atomic E-state index is 12.8. The van der Waals surface area contributed by atoms with Gasteiger partial charge < -0.3 is 10.0 Å². The van der Waals surface area contributed by atoms with Crippen molar-refractivity contribution in [1.29, 1.82) is 0 Å². The van der Waals surface area contributed by atoms with Crippen molar-refractivity contribution < 1.29 is 9.90 Å². The fourth-order valence-electron chi connectivity index (χ4n) is 2.49. The molecule has 0 aliphatic rings. The summed E-state index contributed by atoms with van der Waals surface area (Å²) in [5.41, 5.74) is 2.20. The lowest BCUT2D eigenvalue weighted by atomic mass is 10.2. The van der Waals surface area contributed by atoms with E-state index in [1.54, 1.807) is 11.0 Å². The number of nitrogens with zero attached hydrogens (tertiary/aromatic N) is 2. The monoisotopic (exact) mass is 341 g/mol. The number of aliphatic hydroxyl groups excluding tert-OH is 1. The van der Waals surface area contributed by atoms with Crippen molar-refractivity contribution in [1.82, 2.24) is 15.1 Å². The predicted molar refractivity (Wildman–Crippen MR) is 93.8 cm³/mol. The molecule has 3 rings (SSSR count). The number of rotatable bonds is 6. The molecule has 2 heterocycles. The van der Waals surface area contributed by atoms with Crippen molar-refractivity contribution in [2.75, 3.05) is 6.54 Å². The average molecular weight is 341 g/mol. The number of aromatic amines is 1. The Morgan fingerprint density at radius 1 is 1.29 bits per heavy atom. The molecule has 1 amide bonds. The fourth-order valence-corrected chi connectivity index (χ4v) is 3.20. The molecule has 0 fully saturated rings. The second-order valence-electron chi connectivity index (χ2n) is 5.64. The Morgan fingerprint density at radius 3 is 2.71 bits per heavy atom. The Labute approximate surface area is 144 Å². The van der Waals surface area contributed by atoms with Gasteiger partial charge in [0.1, 0.15) is 11.8 Å². The average Bonchev–Trinajstić information content (AvgIpc) is 3.26. The number of benzene rings is 1. The summed E-state index contributed by atoms with van der Waals surface area (Å²) in [6.45, 7) is 2.50. The van der Waals surface area contributed by atoms with Crippen LogP contribution < -0.4 is 0 Å². The van der Waals surface area contributed by atoms with Crippen LogP contribution in [0, 0.1) is 6.92 Å². The molecule has 0 aliphatic carbocycles. The minimum atomic E-state index is -0.710. The first-order valence-electron chi connectivity index (χ1n) is 7.70. The van der Waals surface area contributed by atoms with Crippen LogP contribution in [-0.2, 0) is 6.54 Å². The Hall–Kier alpha value is -2.44. The molecule has 124 valence electrons. The number of amides is 1. The van der Waals surface area contributed by atoms with Gasteiger partial charge in [0, 0.05) is 17.1 Å². The Morgan fingerprint density at radius 2 is 2.08 bits per heavy atom. The zero-order valence-electron chi connectivity index (χ0n) is 13.3. The van der Waals surface area contributed by atoms with E-state index in [2.05, 4.69) is 10.2 Å². The number of thiophene rings is 1. The van der Waals surface area contributed by atoms with Crippen molar-refractivity contribution in [3.63, 3.8) is 0 Å². The van der Waals surface area contributed by atoms with E-state index in [4.69, 9.17) is 0 Å². The Bertz CT molecular complexity index is 784. The molecule has 1 atom stereocenters. The molecule has 3 aromatic rings. The molecule has 0 saturated carbocycles. The van der Waals surface area contributed by atoms with Gasteiger partial charge in [0.2, 0.25) is 0 Å². The molecule has 2 aromatic heterocycles. The third-order valence-electron chi connectivity index (χ3n) is 3.69. The van der Waals surface area contributed by atoms with Crippen LogP contribution >= 0.6 is 11.3 Å². The van der Waals surface area contributed by atoms with E-state index in [9.17, 15) is 9.90 Å². The second kappa shape index (κ2) is 7.42. The van der Waals surface area contributed by atoms with Gasteiger partial charge in [-0.1, -0.05) is 36.4 Å². The van der Waals surface area contributed by atoms with Crippen molar-refractivity contribution >= 4 is 17.2 Å². The lowest BCUT2D eigenvalue weighted by molar-refractivity contribution is 0.0603. The molecule has 0 bridgehead atoms. The normalized spacial score (nSPS) is 12.1. The highest BCUT2D eigenvalue weighted by atomic mass is 32.1. The summed E-state index contributed by atoms with van der Waals surface area (Å²) in [5.74, 6) is -0.196. The number of hydrogen-bond acceptors (Lipinski definition) is 4. The fraction of sp³-hybridized carbons (Fsp3) is 0.222. The van der Waals surface area contributed by atoms with Gasteiger partial charge in [-0.15, -0.1) is 11.3 Å². The van der Waals surface area contributed by atoms with E-state index in [1.165, 1.54) is 11.3 Å². The zero-order chi connectivity index (χ0) is 16.9. The minimum absolute atomic E-state index is 0.196.